The number of amides is 1. The first-order valence-electron chi connectivity index (χ1n) is 8.35. The second-order valence-electron chi connectivity index (χ2n) is 6.21. The molecule has 25 heavy (non-hydrogen) atoms. The number of carbonyl (C=O) groups excluding carboxylic acids is 1. The molecular weight excluding hydrogens is 398 g/mol. The Morgan fingerprint density at radius 2 is 2.12 bits per heavy atom. The number of fused-ring (bicyclic) bond motifs is 1. The lowest BCUT2D eigenvalue weighted by molar-refractivity contribution is 0.0937. The second kappa shape index (κ2) is 7.14. The van der Waals surface area contributed by atoms with Crippen LogP contribution in [-0.2, 0) is 13.0 Å². The summed E-state index contributed by atoms with van der Waals surface area (Å²) in [5.74, 6) is -0.00985. The van der Waals surface area contributed by atoms with Crippen molar-refractivity contribution in [3.05, 3.63) is 74.1 Å². The summed E-state index contributed by atoms with van der Waals surface area (Å²) in [7, 11) is 0. The molecule has 128 valence electrons. The van der Waals surface area contributed by atoms with E-state index in [0.29, 0.717) is 0 Å². The summed E-state index contributed by atoms with van der Waals surface area (Å²) in [5.41, 5.74) is 3.64. The third-order valence-corrected chi connectivity index (χ3v) is 6.16. The lowest BCUT2D eigenvalue weighted by atomic mass is 9.93. The topological polar surface area (TPSA) is 46.9 Å². The van der Waals surface area contributed by atoms with Crippen molar-refractivity contribution in [3.8, 4) is 0 Å². The third kappa shape index (κ3) is 3.55. The van der Waals surface area contributed by atoms with E-state index in [1.165, 1.54) is 22.6 Å². The average molecular weight is 416 g/mol. The van der Waals surface area contributed by atoms with E-state index in [0.717, 1.165) is 40.0 Å². The summed E-state index contributed by atoms with van der Waals surface area (Å²) in [6.07, 6.45) is 4.96. The summed E-state index contributed by atoms with van der Waals surface area (Å²) in [4.78, 5) is 13.2. The zero-order valence-electron chi connectivity index (χ0n) is 13.6. The summed E-state index contributed by atoms with van der Waals surface area (Å²) in [6, 6.07) is 14.2. The van der Waals surface area contributed by atoms with Gasteiger partial charge in [0.15, 0.2) is 0 Å². The Kier molecular flexibility index (Phi) is 4.72. The molecule has 1 amide bonds. The number of halogens is 1. The molecule has 0 aliphatic heterocycles. The van der Waals surface area contributed by atoms with Crippen LogP contribution in [0.5, 0.6) is 0 Å². The first-order valence-corrected chi connectivity index (χ1v) is 9.96. The van der Waals surface area contributed by atoms with Gasteiger partial charge in [-0.15, -0.1) is 11.3 Å². The van der Waals surface area contributed by atoms with E-state index < -0.39 is 0 Å². The number of hydrogen-bond acceptors (Lipinski definition) is 3. The maximum Gasteiger partial charge on any atom is 0.261 e. The normalized spacial score (nSPS) is 16.4. The van der Waals surface area contributed by atoms with E-state index in [1.807, 2.05) is 36.5 Å². The van der Waals surface area contributed by atoms with Gasteiger partial charge in [-0.25, -0.2) is 0 Å². The number of rotatable bonds is 4. The van der Waals surface area contributed by atoms with Crippen molar-refractivity contribution < 1.29 is 4.79 Å². The van der Waals surface area contributed by atoms with Crippen molar-refractivity contribution >= 4 is 33.2 Å². The van der Waals surface area contributed by atoms with E-state index in [9.17, 15) is 4.79 Å². The van der Waals surface area contributed by atoms with Crippen molar-refractivity contribution in [3.63, 3.8) is 0 Å². The van der Waals surface area contributed by atoms with Crippen LogP contribution in [-0.4, -0.2) is 15.7 Å². The predicted octanol–water partition coefficient (Wildman–Crippen LogP) is 4.56. The van der Waals surface area contributed by atoms with Gasteiger partial charge in [0.1, 0.15) is 0 Å². The molecule has 1 atom stereocenters. The number of carbonyl (C=O) groups is 1. The first kappa shape index (κ1) is 16.5. The molecule has 1 aliphatic carbocycles. The molecular formula is C19H18BrN3OS. The van der Waals surface area contributed by atoms with E-state index in [2.05, 4.69) is 43.2 Å². The highest BCUT2D eigenvalue weighted by atomic mass is 79.9. The monoisotopic (exact) mass is 415 g/mol. The Morgan fingerprint density at radius 3 is 2.88 bits per heavy atom. The van der Waals surface area contributed by atoms with Crippen LogP contribution in [0.2, 0.25) is 0 Å². The minimum absolute atomic E-state index is 0.00985. The molecule has 1 aromatic carbocycles. The Hall–Kier alpha value is -1.92. The van der Waals surface area contributed by atoms with Gasteiger partial charge in [0.05, 0.1) is 27.4 Å². The molecule has 1 unspecified atom stereocenters. The number of hydrogen-bond donors (Lipinski definition) is 1. The summed E-state index contributed by atoms with van der Waals surface area (Å²) >= 11 is 4.87. The van der Waals surface area contributed by atoms with Gasteiger partial charge in [-0.3, -0.25) is 9.48 Å². The maximum absolute atomic E-state index is 12.5. The Bertz CT molecular complexity index is 887. The molecule has 0 saturated heterocycles. The van der Waals surface area contributed by atoms with Crippen LogP contribution < -0.4 is 5.32 Å². The summed E-state index contributed by atoms with van der Waals surface area (Å²) in [5, 5.41) is 7.77. The maximum atomic E-state index is 12.5. The van der Waals surface area contributed by atoms with Crippen LogP contribution in [0.1, 0.15) is 45.4 Å². The van der Waals surface area contributed by atoms with Gasteiger partial charge in [-0.1, -0.05) is 30.3 Å². The van der Waals surface area contributed by atoms with E-state index >= 15 is 0 Å². The zero-order valence-corrected chi connectivity index (χ0v) is 16.0. The van der Waals surface area contributed by atoms with E-state index in [1.54, 1.807) is 0 Å². The summed E-state index contributed by atoms with van der Waals surface area (Å²) < 4.78 is 3.04. The molecule has 1 N–H and O–H groups in total. The van der Waals surface area contributed by atoms with Crippen LogP contribution >= 0.6 is 27.3 Å². The van der Waals surface area contributed by atoms with E-state index in [-0.39, 0.29) is 11.9 Å². The quantitative estimate of drug-likeness (QED) is 0.678. The van der Waals surface area contributed by atoms with Crippen molar-refractivity contribution in [1.82, 2.24) is 15.1 Å². The zero-order chi connectivity index (χ0) is 17.2. The fourth-order valence-electron chi connectivity index (χ4n) is 3.33. The average Bonchev–Trinajstić information content (AvgIpc) is 3.23. The van der Waals surface area contributed by atoms with Crippen LogP contribution in [0.3, 0.4) is 0 Å². The number of nitrogens with one attached hydrogen (secondary N) is 1. The fourth-order valence-corrected chi connectivity index (χ4v) is 4.62. The minimum atomic E-state index is -0.00985. The molecule has 0 radical (unpaired) electrons. The molecule has 4 nitrogen and oxygen atoms in total. The van der Waals surface area contributed by atoms with Crippen molar-refractivity contribution in [1.29, 1.82) is 0 Å². The minimum Gasteiger partial charge on any atom is -0.344 e. The van der Waals surface area contributed by atoms with Crippen molar-refractivity contribution in [2.45, 2.75) is 31.8 Å². The highest BCUT2D eigenvalue weighted by Gasteiger charge is 2.26. The molecule has 0 bridgehead atoms. The highest BCUT2D eigenvalue weighted by Crippen LogP contribution is 2.31. The SMILES string of the molecule is O=C(NC1CCCc2c1cnn2Cc1ccccc1)c1ccc(Br)s1. The third-order valence-electron chi connectivity index (χ3n) is 4.54. The molecule has 0 saturated carbocycles. The second-order valence-corrected chi connectivity index (χ2v) is 8.67. The van der Waals surface area contributed by atoms with E-state index in [4.69, 9.17) is 0 Å². The van der Waals surface area contributed by atoms with Crippen LogP contribution in [0.25, 0.3) is 0 Å². The molecule has 0 fully saturated rings. The van der Waals surface area contributed by atoms with Gasteiger partial charge in [-0.2, -0.15) is 5.10 Å². The number of aromatic nitrogens is 2. The molecule has 0 spiro atoms. The predicted molar refractivity (Wildman–Crippen MR) is 103 cm³/mol. The summed E-state index contributed by atoms with van der Waals surface area (Å²) in [6.45, 7) is 0.773. The standard InChI is InChI=1S/C19H18BrN3OS/c20-18-10-9-17(25-18)19(24)22-15-7-4-8-16-14(15)11-21-23(16)12-13-5-2-1-3-6-13/h1-3,5-6,9-11,15H,4,7-8,12H2,(H,22,24). The molecule has 2 heterocycles. The number of benzene rings is 1. The van der Waals surface area contributed by atoms with Crippen molar-refractivity contribution in [2.24, 2.45) is 0 Å². The molecule has 3 aromatic rings. The fraction of sp³-hybridized carbons (Fsp3) is 0.263. The Morgan fingerprint density at radius 1 is 1.28 bits per heavy atom. The first-order chi connectivity index (χ1) is 12.2. The van der Waals surface area contributed by atoms with Gasteiger partial charge in [0, 0.05) is 11.3 Å². The molecule has 6 heteroatoms. The van der Waals surface area contributed by atoms with Gasteiger partial charge in [0.25, 0.3) is 5.91 Å². The van der Waals surface area contributed by atoms with Gasteiger partial charge >= 0.3 is 0 Å². The lowest BCUT2D eigenvalue weighted by Gasteiger charge is -2.24. The van der Waals surface area contributed by atoms with Gasteiger partial charge in [-0.05, 0) is 52.9 Å². The van der Waals surface area contributed by atoms with Crippen LogP contribution in [0.15, 0.2) is 52.4 Å². The van der Waals surface area contributed by atoms with Gasteiger partial charge < -0.3 is 5.32 Å². The van der Waals surface area contributed by atoms with Crippen LogP contribution in [0.4, 0.5) is 0 Å². The molecule has 4 rings (SSSR count). The number of thiophene rings is 1. The smallest absolute Gasteiger partial charge is 0.261 e. The highest BCUT2D eigenvalue weighted by molar-refractivity contribution is 9.11. The molecule has 2 aromatic heterocycles. The Balaban J connectivity index is 1.53. The van der Waals surface area contributed by atoms with Crippen LogP contribution in [0, 0.1) is 0 Å². The van der Waals surface area contributed by atoms with Gasteiger partial charge in [0.2, 0.25) is 0 Å². The van der Waals surface area contributed by atoms with Crippen molar-refractivity contribution in [2.75, 3.05) is 0 Å². The lowest BCUT2D eigenvalue weighted by Crippen LogP contribution is -2.30. The largest absolute Gasteiger partial charge is 0.344 e. The number of nitrogens with zero attached hydrogens (tertiary/aromatic N) is 2. The Labute approximate surface area is 159 Å². The molecule has 1 aliphatic rings.